The van der Waals surface area contributed by atoms with Crippen molar-refractivity contribution in [1.82, 2.24) is 14.6 Å². The van der Waals surface area contributed by atoms with Crippen molar-refractivity contribution in [2.24, 2.45) is 0 Å². The van der Waals surface area contributed by atoms with E-state index in [0.29, 0.717) is 11.7 Å². The summed E-state index contributed by atoms with van der Waals surface area (Å²) in [6.07, 6.45) is 1.65. The average molecular weight is 306 g/mol. The first kappa shape index (κ1) is 10.8. The van der Waals surface area contributed by atoms with Crippen LogP contribution >= 0.6 is 39.1 Å². The van der Waals surface area contributed by atoms with E-state index in [4.69, 9.17) is 11.6 Å². The van der Waals surface area contributed by atoms with Gasteiger partial charge in [-0.25, -0.2) is 4.98 Å². The zero-order valence-corrected chi connectivity index (χ0v) is 10.6. The number of anilines is 1. The first-order valence-electron chi connectivity index (χ1n) is 4.06. The Balaban J connectivity index is 2.07. The number of aromatic nitrogens is 3. The molecule has 1 N–H and O–H groups in total. The maximum atomic E-state index is 5.91. The Labute approximate surface area is 104 Å². The monoisotopic (exact) mass is 304 g/mol. The number of pyridine rings is 1. The van der Waals surface area contributed by atoms with Gasteiger partial charge in [-0.2, -0.15) is 0 Å². The predicted molar refractivity (Wildman–Crippen MR) is 64.2 cm³/mol. The molecule has 2 aromatic heterocycles. The molecular weight excluding hydrogens is 300 g/mol. The fourth-order valence-electron chi connectivity index (χ4n) is 0.993. The van der Waals surface area contributed by atoms with E-state index in [1.165, 1.54) is 11.5 Å². The maximum Gasteiger partial charge on any atom is 0.152 e. The largest absolute Gasteiger partial charge is 0.377 e. The minimum atomic E-state index is 0.446. The summed E-state index contributed by atoms with van der Waals surface area (Å²) in [6.45, 7) is 0.592. The van der Waals surface area contributed by atoms with Crippen molar-refractivity contribution in [1.29, 1.82) is 0 Å². The molecule has 0 radical (unpaired) electrons. The molecule has 2 heterocycles. The summed E-state index contributed by atoms with van der Waals surface area (Å²) < 4.78 is 4.65. The number of rotatable bonds is 3. The molecule has 0 unspecified atom stereocenters. The second-order valence-electron chi connectivity index (χ2n) is 2.74. The molecule has 0 aliphatic rings. The molecule has 0 amide bonds. The Hall–Kier alpha value is -0.720. The third-order valence-electron chi connectivity index (χ3n) is 1.67. The topological polar surface area (TPSA) is 50.7 Å². The molecule has 0 saturated carbocycles. The standard InChI is InChI=1S/C8H6BrClN4S/c9-5-1-7(8(10)12-2-5)11-3-6-4-15-14-13-6/h1-2,4,11H,3H2. The highest BCUT2D eigenvalue weighted by Gasteiger charge is 2.03. The molecule has 0 spiro atoms. The lowest BCUT2D eigenvalue weighted by atomic mass is 10.4. The molecule has 0 bridgehead atoms. The molecule has 0 aromatic carbocycles. The van der Waals surface area contributed by atoms with Gasteiger partial charge >= 0.3 is 0 Å². The van der Waals surface area contributed by atoms with Crippen LogP contribution in [0, 0.1) is 0 Å². The van der Waals surface area contributed by atoms with Gasteiger partial charge in [0.1, 0.15) is 0 Å². The van der Waals surface area contributed by atoms with Crippen LogP contribution < -0.4 is 5.32 Å². The second-order valence-corrected chi connectivity index (χ2v) is 4.63. The van der Waals surface area contributed by atoms with Crippen molar-refractivity contribution in [2.45, 2.75) is 6.54 Å². The van der Waals surface area contributed by atoms with Crippen LogP contribution in [-0.2, 0) is 6.54 Å². The van der Waals surface area contributed by atoms with E-state index in [-0.39, 0.29) is 0 Å². The highest BCUT2D eigenvalue weighted by Crippen LogP contribution is 2.23. The van der Waals surface area contributed by atoms with Crippen LogP contribution in [0.2, 0.25) is 5.15 Å². The molecule has 0 atom stereocenters. The molecular formula is C8H6BrClN4S. The van der Waals surface area contributed by atoms with Crippen LogP contribution in [0.25, 0.3) is 0 Å². The second kappa shape index (κ2) is 4.87. The third kappa shape index (κ3) is 2.87. The SMILES string of the molecule is Clc1ncc(Br)cc1NCc1csnn1. The molecule has 2 aromatic rings. The average Bonchev–Trinajstić information content (AvgIpc) is 2.72. The third-order valence-corrected chi connectivity index (χ3v) is 2.96. The lowest BCUT2D eigenvalue weighted by Gasteiger charge is -2.05. The van der Waals surface area contributed by atoms with Crippen LogP contribution in [0.3, 0.4) is 0 Å². The van der Waals surface area contributed by atoms with Crippen LogP contribution in [0.4, 0.5) is 5.69 Å². The Morgan fingerprint density at radius 3 is 3.13 bits per heavy atom. The molecule has 0 aliphatic heterocycles. The van der Waals surface area contributed by atoms with Gasteiger partial charge in [0, 0.05) is 16.0 Å². The number of hydrogen-bond donors (Lipinski definition) is 1. The van der Waals surface area contributed by atoms with E-state index < -0.39 is 0 Å². The summed E-state index contributed by atoms with van der Waals surface area (Å²) >= 11 is 10.6. The highest BCUT2D eigenvalue weighted by atomic mass is 79.9. The molecule has 78 valence electrons. The van der Waals surface area contributed by atoms with Crippen LogP contribution in [0.5, 0.6) is 0 Å². The van der Waals surface area contributed by atoms with E-state index >= 15 is 0 Å². The maximum absolute atomic E-state index is 5.91. The van der Waals surface area contributed by atoms with E-state index in [0.717, 1.165) is 15.9 Å². The first-order chi connectivity index (χ1) is 7.25. The molecule has 7 heteroatoms. The molecule has 0 aliphatic carbocycles. The Bertz CT molecular complexity index is 448. The normalized spacial score (nSPS) is 10.3. The summed E-state index contributed by atoms with van der Waals surface area (Å²) in [5, 5.41) is 9.38. The molecule has 2 rings (SSSR count). The van der Waals surface area contributed by atoms with Gasteiger partial charge in [-0.3, -0.25) is 0 Å². The van der Waals surface area contributed by atoms with Crippen molar-refractivity contribution >= 4 is 44.8 Å². The van der Waals surface area contributed by atoms with Gasteiger partial charge in [-0.15, -0.1) is 5.10 Å². The van der Waals surface area contributed by atoms with Gasteiger partial charge in [0.15, 0.2) is 5.15 Å². The zero-order chi connectivity index (χ0) is 10.7. The van der Waals surface area contributed by atoms with Crippen molar-refractivity contribution < 1.29 is 0 Å². The van der Waals surface area contributed by atoms with E-state index in [9.17, 15) is 0 Å². The van der Waals surface area contributed by atoms with E-state index in [1.807, 2.05) is 11.4 Å². The summed E-state index contributed by atoms with van der Waals surface area (Å²) in [6, 6.07) is 1.87. The van der Waals surface area contributed by atoms with Gasteiger partial charge in [-0.05, 0) is 33.5 Å². The van der Waals surface area contributed by atoms with Gasteiger partial charge < -0.3 is 5.32 Å². The Kier molecular flexibility index (Phi) is 3.50. The van der Waals surface area contributed by atoms with E-state index in [2.05, 4.69) is 35.8 Å². The molecule has 0 saturated heterocycles. The van der Waals surface area contributed by atoms with Crippen molar-refractivity contribution in [3.8, 4) is 0 Å². The summed E-state index contributed by atoms with van der Waals surface area (Å²) in [4.78, 5) is 4.00. The van der Waals surface area contributed by atoms with Crippen LogP contribution in [-0.4, -0.2) is 14.6 Å². The van der Waals surface area contributed by atoms with Crippen molar-refractivity contribution in [3.05, 3.63) is 33.0 Å². The minimum absolute atomic E-state index is 0.446. The van der Waals surface area contributed by atoms with Crippen LogP contribution in [0.1, 0.15) is 5.69 Å². The first-order valence-corrected chi connectivity index (χ1v) is 6.07. The number of hydrogen-bond acceptors (Lipinski definition) is 5. The quantitative estimate of drug-likeness (QED) is 0.886. The highest BCUT2D eigenvalue weighted by molar-refractivity contribution is 9.10. The Morgan fingerprint density at radius 1 is 1.53 bits per heavy atom. The smallest absolute Gasteiger partial charge is 0.152 e. The van der Waals surface area contributed by atoms with Crippen molar-refractivity contribution in [2.75, 3.05) is 5.32 Å². The lowest BCUT2D eigenvalue weighted by molar-refractivity contribution is 0.996. The summed E-state index contributed by atoms with van der Waals surface area (Å²) in [5.41, 5.74) is 1.66. The minimum Gasteiger partial charge on any atom is -0.377 e. The van der Waals surface area contributed by atoms with Gasteiger partial charge in [0.25, 0.3) is 0 Å². The fourth-order valence-corrected chi connectivity index (χ4v) is 1.95. The predicted octanol–water partition coefficient (Wildman–Crippen LogP) is 2.96. The number of nitrogens with one attached hydrogen (secondary N) is 1. The van der Waals surface area contributed by atoms with Crippen LogP contribution in [0.15, 0.2) is 22.1 Å². The zero-order valence-electron chi connectivity index (χ0n) is 7.44. The number of halogens is 2. The molecule has 4 nitrogen and oxygen atoms in total. The van der Waals surface area contributed by atoms with Gasteiger partial charge in [0.2, 0.25) is 0 Å². The summed E-state index contributed by atoms with van der Waals surface area (Å²) in [7, 11) is 0. The molecule has 0 fully saturated rings. The number of nitrogens with zero attached hydrogens (tertiary/aromatic N) is 3. The van der Waals surface area contributed by atoms with E-state index in [1.54, 1.807) is 6.20 Å². The lowest BCUT2D eigenvalue weighted by Crippen LogP contribution is -2.01. The summed E-state index contributed by atoms with van der Waals surface area (Å²) in [5.74, 6) is 0. The Morgan fingerprint density at radius 2 is 2.40 bits per heavy atom. The molecule has 15 heavy (non-hydrogen) atoms. The van der Waals surface area contributed by atoms with Gasteiger partial charge in [0.05, 0.1) is 17.9 Å². The van der Waals surface area contributed by atoms with Gasteiger partial charge in [-0.1, -0.05) is 16.1 Å². The fraction of sp³-hybridized carbons (Fsp3) is 0.125. The van der Waals surface area contributed by atoms with Crippen molar-refractivity contribution in [3.63, 3.8) is 0 Å².